The summed E-state index contributed by atoms with van der Waals surface area (Å²) < 4.78 is 0. The van der Waals surface area contributed by atoms with Gasteiger partial charge in [-0.2, -0.15) is 5.26 Å². The van der Waals surface area contributed by atoms with Gasteiger partial charge in [0, 0.05) is 13.1 Å². The van der Waals surface area contributed by atoms with E-state index in [0.717, 1.165) is 4.90 Å². The van der Waals surface area contributed by atoms with Crippen molar-refractivity contribution in [3.05, 3.63) is 46.5 Å². The molecule has 3 rings (SSSR count). The average molecular weight is 325 g/mol. The molecular weight excluding hydrogens is 310 g/mol. The Balaban J connectivity index is 1.86. The smallest absolute Gasteiger partial charge is 0.407 e. The number of carboxylic acid groups (broad SMARTS) is 1. The number of rotatable bonds is 2. The van der Waals surface area contributed by atoms with Crippen molar-refractivity contribution in [2.45, 2.75) is 12.8 Å². The molecule has 24 heavy (non-hydrogen) atoms. The molecule has 7 heteroatoms. The van der Waals surface area contributed by atoms with Gasteiger partial charge in [0.25, 0.3) is 11.8 Å². The zero-order valence-corrected chi connectivity index (χ0v) is 12.9. The van der Waals surface area contributed by atoms with Crippen molar-refractivity contribution in [1.29, 1.82) is 5.26 Å². The first-order valence-corrected chi connectivity index (χ1v) is 7.57. The van der Waals surface area contributed by atoms with Crippen LogP contribution in [0.15, 0.2) is 35.4 Å². The second kappa shape index (κ2) is 6.16. The van der Waals surface area contributed by atoms with Crippen molar-refractivity contribution in [2.24, 2.45) is 0 Å². The molecule has 0 aliphatic carbocycles. The number of amides is 3. The number of piperidine rings is 1. The van der Waals surface area contributed by atoms with Crippen LogP contribution in [-0.4, -0.2) is 52.4 Å². The molecule has 0 aromatic heterocycles. The highest BCUT2D eigenvalue weighted by Gasteiger charge is 2.36. The SMILES string of the molecule is N#C/C(CN1C(=O)c2ccccc2C1=O)=C1\CCCN(C(=O)O)C1. The van der Waals surface area contributed by atoms with Crippen LogP contribution >= 0.6 is 0 Å². The number of nitriles is 1. The molecule has 1 fully saturated rings. The number of carbonyl (C=O) groups is 3. The maximum Gasteiger partial charge on any atom is 0.407 e. The number of nitrogens with zero attached hydrogens (tertiary/aromatic N) is 3. The predicted molar refractivity (Wildman–Crippen MR) is 83.3 cm³/mol. The van der Waals surface area contributed by atoms with Crippen LogP contribution in [-0.2, 0) is 0 Å². The van der Waals surface area contributed by atoms with Gasteiger partial charge in [-0.15, -0.1) is 0 Å². The minimum absolute atomic E-state index is 0.119. The summed E-state index contributed by atoms with van der Waals surface area (Å²) in [4.78, 5) is 38.2. The molecule has 7 nitrogen and oxygen atoms in total. The van der Waals surface area contributed by atoms with E-state index in [2.05, 4.69) is 0 Å². The second-order valence-corrected chi connectivity index (χ2v) is 5.74. The Morgan fingerprint density at radius 1 is 1.21 bits per heavy atom. The molecule has 0 unspecified atom stereocenters. The minimum Gasteiger partial charge on any atom is -0.465 e. The highest BCUT2D eigenvalue weighted by Crippen LogP contribution is 2.25. The Hall–Kier alpha value is -3.14. The van der Waals surface area contributed by atoms with Gasteiger partial charge in [0.2, 0.25) is 0 Å². The fourth-order valence-corrected chi connectivity index (χ4v) is 3.05. The number of likely N-dealkylation sites (tertiary alicyclic amines) is 1. The van der Waals surface area contributed by atoms with Crippen LogP contribution in [0.3, 0.4) is 0 Å². The zero-order valence-electron chi connectivity index (χ0n) is 12.9. The molecule has 0 radical (unpaired) electrons. The largest absolute Gasteiger partial charge is 0.465 e. The fraction of sp³-hybridized carbons (Fsp3) is 0.294. The van der Waals surface area contributed by atoms with Crippen molar-refractivity contribution in [2.75, 3.05) is 19.6 Å². The van der Waals surface area contributed by atoms with E-state index in [0.29, 0.717) is 36.1 Å². The van der Waals surface area contributed by atoms with Crippen LogP contribution in [0.4, 0.5) is 4.79 Å². The average Bonchev–Trinajstić information content (AvgIpc) is 2.84. The molecule has 0 saturated carbocycles. The lowest BCUT2D eigenvalue weighted by Gasteiger charge is -2.27. The quantitative estimate of drug-likeness (QED) is 0.660. The van der Waals surface area contributed by atoms with Crippen LogP contribution in [0.1, 0.15) is 33.6 Å². The van der Waals surface area contributed by atoms with Gasteiger partial charge in [-0.25, -0.2) is 4.79 Å². The summed E-state index contributed by atoms with van der Waals surface area (Å²) in [6.07, 6.45) is 0.176. The van der Waals surface area contributed by atoms with Crippen molar-refractivity contribution in [3.63, 3.8) is 0 Å². The third kappa shape index (κ3) is 2.63. The second-order valence-electron chi connectivity index (χ2n) is 5.74. The maximum absolute atomic E-state index is 12.4. The first kappa shape index (κ1) is 15.7. The molecule has 1 aromatic rings. The Kier molecular flexibility index (Phi) is 4.04. The summed E-state index contributed by atoms with van der Waals surface area (Å²) in [7, 11) is 0. The maximum atomic E-state index is 12.4. The van der Waals surface area contributed by atoms with Gasteiger partial charge in [0.1, 0.15) is 0 Å². The number of carbonyl (C=O) groups excluding carboxylic acids is 2. The number of hydrogen-bond acceptors (Lipinski definition) is 4. The number of imide groups is 1. The lowest BCUT2D eigenvalue weighted by Crippen LogP contribution is -2.37. The van der Waals surface area contributed by atoms with Crippen molar-refractivity contribution < 1.29 is 19.5 Å². The summed E-state index contributed by atoms with van der Waals surface area (Å²) in [6.45, 7) is 0.442. The molecule has 0 spiro atoms. The van der Waals surface area contributed by atoms with E-state index in [4.69, 9.17) is 5.11 Å². The van der Waals surface area contributed by atoms with Gasteiger partial charge in [-0.3, -0.25) is 14.5 Å². The van der Waals surface area contributed by atoms with Gasteiger partial charge in [-0.1, -0.05) is 12.1 Å². The van der Waals surface area contributed by atoms with Crippen molar-refractivity contribution >= 4 is 17.9 Å². The van der Waals surface area contributed by atoms with Crippen LogP contribution in [0.25, 0.3) is 0 Å². The summed E-state index contributed by atoms with van der Waals surface area (Å²) in [6, 6.07) is 8.58. The van der Waals surface area contributed by atoms with E-state index >= 15 is 0 Å². The third-order valence-electron chi connectivity index (χ3n) is 4.31. The molecule has 1 aromatic carbocycles. The van der Waals surface area contributed by atoms with Crippen LogP contribution < -0.4 is 0 Å². The van der Waals surface area contributed by atoms with E-state index < -0.39 is 17.9 Å². The number of benzene rings is 1. The first-order chi connectivity index (χ1) is 11.5. The lowest BCUT2D eigenvalue weighted by molar-refractivity contribution is 0.0668. The summed E-state index contributed by atoms with van der Waals surface area (Å²) in [5.74, 6) is -0.843. The van der Waals surface area contributed by atoms with Crippen molar-refractivity contribution in [3.8, 4) is 6.07 Å². The Labute approximate surface area is 138 Å². The Morgan fingerprint density at radius 3 is 2.38 bits per heavy atom. The van der Waals surface area contributed by atoms with Crippen LogP contribution in [0, 0.1) is 11.3 Å². The number of hydrogen-bond donors (Lipinski definition) is 1. The standard InChI is InChI=1S/C17H15N3O4/c18-8-12(11-4-3-7-19(9-11)17(23)24)10-20-15(21)13-5-1-2-6-14(13)16(20)22/h1-2,5-6H,3-4,7,9-10H2,(H,23,24)/b12-11-. The van der Waals surface area contributed by atoms with Gasteiger partial charge in [-0.05, 0) is 30.5 Å². The highest BCUT2D eigenvalue weighted by molar-refractivity contribution is 6.21. The summed E-state index contributed by atoms with van der Waals surface area (Å²) in [5.41, 5.74) is 1.62. The Bertz CT molecular complexity index is 771. The normalized spacial score (nSPS) is 19.1. The van der Waals surface area contributed by atoms with Crippen LogP contribution in [0.5, 0.6) is 0 Å². The van der Waals surface area contributed by atoms with Gasteiger partial charge in [0.05, 0.1) is 29.3 Å². The lowest BCUT2D eigenvalue weighted by atomic mass is 9.99. The summed E-state index contributed by atoms with van der Waals surface area (Å²) >= 11 is 0. The van der Waals surface area contributed by atoms with Gasteiger partial charge < -0.3 is 10.0 Å². The summed E-state index contributed by atoms with van der Waals surface area (Å²) in [5, 5.41) is 18.5. The molecule has 1 N–H and O–H groups in total. The molecule has 2 heterocycles. The first-order valence-electron chi connectivity index (χ1n) is 7.57. The predicted octanol–water partition coefficient (Wildman–Crippen LogP) is 1.88. The Morgan fingerprint density at radius 2 is 1.83 bits per heavy atom. The molecule has 0 atom stereocenters. The topological polar surface area (TPSA) is 102 Å². The monoisotopic (exact) mass is 325 g/mol. The molecule has 2 aliphatic rings. The molecule has 122 valence electrons. The molecule has 3 amide bonds. The van der Waals surface area contributed by atoms with E-state index in [1.54, 1.807) is 24.3 Å². The molecule has 1 saturated heterocycles. The third-order valence-corrected chi connectivity index (χ3v) is 4.31. The highest BCUT2D eigenvalue weighted by atomic mass is 16.4. The molecule has 2 aliphatic heterocycles. The number of fused-ring (bicyclic) bond motifs is 1. The van der Waals surface area contributed by atoms with E-state index in [-0.39, 0.29) is 18.7 Å². The van der Waals surface area contributed by atoms with Gasteiger partial charge >= 0.3 is 6.09 Å². The molecular formula is C17H15N3O4. The van der Waals surface area contributed by atoms with E-state index in [9.17, 15) is 19.6 Å². The minimum atomic E-state index is -1.04. The van der Waals surface area contributed by atoms with Gasteiger partial charge in [0.15, 0.2) is 0 Å². The fourth-order valence-electron chi connectivity index (χ4n) is 3.05. The molecule has 0 bridgehead atoms. The zero-order chi connectivity index (χ0) is 17.3. The van der Waals surface area contributed by atoms with Crippen molar-refractivity contribution in [1.82, 2.24) is 9.80 Å². The van der Waals surface area contributed by atoms with E-state index in [1.807, 2.05) is 6.07 Å². The van der Waals surface area contributed by atoms with E-state index in [1.165, 1.54) is 4.90 Å². The van der Waals surface area contributed by atoms with Crippen LogP contribution in [0.2, 0.25) is 0 Å².